The van der Waals surface area contributed by atoms with Gasteiger partial charge in [-0.1, -0.05) is 6.92 Å². The van der Waals surface area contributed by atoms with Crippen molar-refractivity contribution in [2.24, 2.45) is 0 Å². The van der Waals surface area contributed by atoms with Crippen LogP contribution in [0.5, 0.6) is 0 Å². The van der Waals surface area contributed by atoms with Gasteiger partial charge in [0, 0.05) is 6.54 Å². The van der Waals surface area contributed by atoms with Crippen LogP contribution in [0.3, 0.4) is 0 Å². The zero-order valence-electron chi connectivity index (χ0n) is 9.76. The van der Waals surface area contributed by atoms with Crippen molar-refractivity contribution in [2.45, 2.75) is 32.2 Å². The van der Waals surface area contributed by atoms with Gasteiger partial charge in [0.25, 0.3) is 0 Å². The second kappa shape index (κ2) is 5.48. The van der Waals surface area contributed by atoms with Crippen LogP contribution in [-0.2, 0) is 19.4 Å². The second-order valence-corrected chi connectivity index (χ2v) is 6.36. The Morgan fingerprint density at radius 1 is 1.41 bits per heavy atom. The van der Waals surface area contributed by atoms with Gasteiger partial charge in [0.15, 0.2) is 9.84 Å². The third kappa shape index (κ3) is 3.69. The first-order valence-corrected chi connectivity index (χ1v) is 7.42. The molecule has 1 atom stereocenters. The number of hydrogen-bond donors (Lipinski definition) is 1. The minimum absolute atomic E-state index is 0.0374. The monoisotopic (exact) mass is 263 g/mol. The van der Waals surface area contributed by atoms with Crippen LogP contribution in [0, 0.1) is 0 Å². The van der Waals surface area contributed by atoms with Gasteiger partial charge in [0.1, 0.15) is 11.8 Å². The highest BCUT2D eigenvalue weighted by Crippen LogP contribution is 2.18. The number of carbonyl (C=O) groups is 2. The molecule has 0 spiro atoms. The van der Waals surface area contributed by atoms with Crippen molar-refractivity contribution in [3.63, 3.8) is 0 Å². The summed E-state index contributed by atoms with van der Waals surface area (Å²) < 4.78 is 23.0. The molecule has 1 aliphatic heterocycles. The molecular formula is C10H17NO5S. The molecule has 6 nitrogen and oxygen atoms in total. The van der Waals surface area contributed by atoms with E-state index in [9.17, 15) is 18.0 Å². The number of aliphatic carboxylic acids is 1. The molecule has 0 bridgehead atoms. The molecular weight excluding hydrogens is 246 g/mol. The second-order valence-electron chi connectivity index (χ2n) is 4.18. The van der Waals surface area contributed by atoms with Crippen molar-refractivity contribution >= 4 is 21.7 Å². The van der Waals surface area contributed by atoms with Gasteiger partial charge in [-0.3, -0.25) is 4.79 Å². The average Bonchev–Trinajstić information content (AvgIpc) is 2.64. The molecule has 17 heavy (non-hydrogen) atoms. The first kappa shape index (κ1) is 14.0. The van der Waals surface area contributed by atoms with Gasteiger partial charge < -0.3 is 10.0 Å². The van der Waals surface area contributed by atoms with Crippen molar-refractivity contribution in [2.75, 3.05) is 18.1 Å². The molecule has 7 heteroatoms. The number of hydrogen-bond acceptors (Lipinski definition) is 4. The molecule has 1 aliphatic rings. The number of amides is 1. The predicted molar refractivity (Wildman–Crippen MR) is 61.3 cm³/mol. The fourth-order valence-electron chi connectivity index (χ4n) is 1.98. The Kier molecular flexibility index (Phi) is 4.50. The molecule has 1 heterocycles. The summed E-state index contributed by atoms with van der Waals surface area (Å²) in [5.74, 6) is -2.28. The highest BCUT2D eigenvalue weighted by molar-refractivity contribution is 7.92. The topological polar surface area (TPSA) is 91.8 Å². The van der Waals surface area contributed by atoms with E-state index < -0.39 is 33.5 Å². The Morgan fingerprint density at radius 2 is 2.06 bits per heavy atom. The van der Waals surface area contributed by atoms with E-state index >= 15 is 0 Å². The lowest BCUT2D eigenvalue weighted by molar-refractivity contribution is -0.147. The maximum absolute atomic E-state index is 11.7. The number of rotatable bonds is 5. The van der Waals surface area contributed by atoms with Gasteiger partial charge in [0.2, 0.25) is 5.91 Å². The number of sulfone groups is 1. The lowest BCUT2D eigenvalue weighted by Crippen LogP contribution is -2.43. The van der Waals surface area contributed by atoms with Crippen LogP contribution < -0.4 is 0 Å². The zero-order valence-corrected chi connectivity index (χ0v) is 10.6. The van der Waals surface area contributed by atoms with E-state index in [1.807, 2.05) is 0 Å². The summed E-state index contributed by atoms with van der Waals surface area (Å²) in [6, 6.07) is -0.862. The Balaban J connectivity index is 2.68. The van der Waals surface area contributed by atoms with Crippen molar-refractivity contribution in [3.05, 3.63) is 0 Å². The predicted octanol–water partition coefficient (Wildman–Crippen LogP) is -0.113. The van der Waals surface area contributed by atoms with E-state index in [1.54, 1.807) is 6.92 Å². The normalized spacial score (nSPS) is 20.5. The Bertz CT molecular complexity index is 403. The number of carbonyl (C=O) groups excluding carboxylic acids is 1. The van der Waals surface area contributed by atoms with Crippen LogP contribution >= 0.6 is 0 Å². The molecule has 0 saturated carbocycles. The van der Waals surface area contributed by atoms with E-state index in [1.165, 1.54) is 0 Å². The highest BCUT2D eigenvalue weighted by Gasteiger charge is 2.35. The van der Waals surface area contributed by atoms with Gasteiger partial charge in [-0.25, -0.2) is 13.2 Å². The molecule has 0 unspecified atom stereocenters. The van der Waals surface area contributed by atoms with Crippen molar-refractivity contribution < 1.29 is 23.1 Å². The summed E-state index contributed by atoms with van der Waals surface area (Å²) >= 11 is 0. The summed E-state index contributed by atoms with van der Waals surface area (Å²) in [6.07, 6.45) is 1.46. The lowest BCUT2D eigenvalue weighted by Gasteiger charge is -2.21. The molecule has 1 N–H and O–H groups in total. The highest BCUT2D eigenvalue weighted by atomic mass is 32.2. The van der Waals surface area contributed by atoms with Crippen LogP contribution in [-0.4, -0.2) is 54.4 Å². The van der Waals surface area contributed by atoms with Gasteiger partial charge in [-0.05, 0) is 19.3 Å². The summed E-state index contributed by atoms with van der Waals surface area (Å²) in [4.78, 5) is 23.8. The SMILES string of the molecule is CCCS(=O)(=O)CC(=O)N1CCC[C@@H]1C(=O)O. The van der Waals surface area contributed by atoms with Crippen LogP contribution in [0.15, 0.2) is 0 Å². The van der Waals surface area contributed by atoms with Gasteiger partial charge in [-0.2, -0.15) is 0 Å². The molecule has 1 amide bonds. The fraction of sp³-hybridized carbons (Fsp3) is 0.800. The molecule has 0 radical (unpaired) electrons. The minimum atomic E-state index is -3.40. The van der Waals surface area contributed by atoms with E-state index in [-0.39, 0.29) is 5.75 Å². The summed E-state index contributed by atoms with van der Waals surface area (Å²) in [7, 11) is -3.40. The number of carboxylic acids is 1. The van der Waals surface area contributed by atoms with E-state index in [2.05, 4.69) is 0 Å². The molecule has 0 aromatic carbocycles. The minimum Gasteiger partial charge on any atom is -0.480 e. The maximum atomic E-state index is 11.7. The largest absolute Gasteiger partial charge is 0.480 e. The first-order chi connectivity index (χ1) is 7.87. The number of carboxylic acid groups (broad SMARTS) is 1. The van der Waals surface area contributed by atoms with Crippen LogP contribution in [0.25, 0.3) is 0 Å². The van der Waals surface area contributed by atoms with Crippen LogP contribution in [0.4, 0.5) is 0 Å². The molecule has 0 aliphatic carbocycles. The van der Waals surface area contributed by atoms with Crippen LogP contribution in [0.1, 0.15) is 26.2 Å². The number of nitrogens with zero attached hydrogens (tertiary/aromatic N) is 1. The molecule has 1 fully saturated rings. The smallest absolute Gasteiger partial charge is 0.326 e. The molecule has 98 valence electrons. The van der Waals surface area contributed by atoms with Crippen molar-refractivity contribution in [1.82, 2.24) is 4.90 Å². The first-order valence-electron chi connectivity index (χ1n) is 5.60. The fourth-order valence-corrected chi connectivity index (χ4v) is 3.28. The Hall–Kier alpha value is -1.11. The van der Waals surface area contributed by atoms with E-state index in [0.717, 1.165) is 4.90 Å². The maximum Gasteiger partial charge on any atom is 0.326 e. The van der Waals surface area contributed by atoms with Crippen molar-refractivity contribution in [3.8, 4) is 0 Å². The standard InChI is InChI=1S/C10H17NO5S/c1-2-6-17(15,16)7-9(12)11-5-3-4-8(11)10(13)14/h8H,2-7H2,1H3,(H,13,14)/t8-/m1/s1. The summed E-state index contributed by atoms with van der Waals surface area (Å²) in [5.41, 5.74) is 0. The average molecular weight is 263 g/mol. The zero-order chi connectivity index (χ0) is 13.1. The molecule has 1 saturated heterocycles. The van der Waals surface area contributed by atoms with Gasteiger partial charge in [0.05, 0.1) is 5.75 Å². The Morgan fingerprint density at radius 3 is 2.59 bits per heavy atom. The van der Waals surface area contributed by atoms with E-state index in [0.29, 0.717) is 25.8 Å². The molecule has 0 aromatic heterocycles. The molecule has 0 aromatic rings. The lowest BCUT2D eigenvalue weighted by atomic mass is 10.2. The third-order valence-electron chi connectivity index (χ3n) is 2.72. The van der Waals surface area contributed by atoms with Crippen molar-refractivity contribution in [1.29, 1.82) is 0 Å². The summed E-state index contributed by atoms with van der Waals surface area (Å²) in [5, 5.41) is 8.89. The van der Waals surface area contributed by atoms with Gasteiger partial charge >= 0.3 is 5.97 Å². The van der Waals surface area contributed by atoms with Crippen LogP contribution in [0.2, 0.25) is 0 Å². The number of likely N-dealkylation sites (tertiary alicyclic amines) is 1. The molecule has 1 rings (SSSR count). The van der Waals surface area contributed by atoms with Gasteiger partial charge in [-0.15, -0.1) is 0 Å². The quantitative estimate of drug-likeness (QED) is 0.747. The summed E-state index contributed by atoms with van der Waals surface area (Å²) in [6.45, 7) is 2.05. The van der Waals surface area contributed by atoms with E-state index in [4.69, 9.17) is 5.11 Å². The third-order valence-corrected chi connectivity index (χ3v) is 4.43. The Labute approximate surface area is 101 Å².